The number of hydrogen-bond acceptors (Lipinski definition) is 0. The summed E-state index contributed by atoms with van der Waals surface area (Å²) in [6.07, 6.45) is 2.17. The minimum Gasteiger partial charge on any atom is -0.0622 e. The first kappa shape index (κ1) is 109. The normalized spacial score (nSPS) is 10.3. The van der Waals surface area contributed by atoms with Crippen LogP contribution < -0.4 is 0 Å². The Morgan fingerprint density at radius 1 is 0.154 bits per heavy atom. The lowest BCUT2D eigenvalue weighted by molar-refractivity contribution is 1.11. The van der Waals surface area contributed by atoms with E-state index >= 15 is 0 Å². The van der Waals surface area contributed by atoms with Crippen LogP contribution in [0.15, 0.2) is 273 Å². The van der Waals surface area contributed by atoms with E-state index in [0.29, 0.717) is 0 Å². The summed E-state index contributed by atoms with van der Waals surface area (Å²) in [4.78, 5) is 0. The third-order valence-electron chi connectivity index (χ3n) is 25.6. The van der Waals surface area contributed by atoms with Crippen molar-refractivity contribution in [3.8, 4) is 44.5 Å². The van der Waals surface area contributed by atoms with Gasteiger partial charge in [-0.3, -0.25) is 0 Å². The van der Waals surface area contributed by atoms with Crippen LogP contribution >= 0.6 is 63.7 Å². The van der Waals surface area contributed by atoms with Crippen molar-refractivity contribution in [1.82, 2.24) is 0 Å². The van der Waals surface area contributed by atoms with E-state index in [2.05, 4.69) is 536 Å². The molecule has 0 saturated carbocycles. The van der Waals surface area contributed by atoms with Gasteiger partial charge in [0, 0.05) is 29.0 Å². The van der Waals surface area contributed by atoms with Gasteiger partial charge >= 0.3 is 0 Å². The summed E-state index contributed by atoms with van der Waals surface area (Å²) < 4.78 is 4.58. The van der Waals surface area contributed by atoms with E-state index in [1.54, 1.807) is 0 Å². The van der Waals surface area contributed by atoms with Gasteiger partial charge in [0.15, 0.2) is 0 Å². The van der Waals surface area contributed by atoms with Crippen molar-refractivity contribution >= 4 is 63.7 Å². The maximum Gasteiger partial charge on any atom is 0.0297 e. The molecule has 0 aliphatic carbocycles. The van der Waals surface area contributed by atoms with Crippen LogP contribution in [0, 0.1) is 228 Å². The van der Waals surface area contributed by atoms with Gasteiger partial charge in [-0.25, -0.2) is 0 Å². The van der Waals surface area contributed by atoms with Gasteiger partial charge in [0.1, 0.15) is 0 Å². The molecule has 0 bridgehead atoms. The lowest BCUT2D eigenvalue weighted by atomic mass is 9.92. The van der Waals surface area contributed by atoms with Crippen LogP contribution in [0.2, 0.25) is 0 Å². The molecule has 0 aliphatic rings. The number of aryl methyl sites for hydroxylation is 24. The fourth-order valence-electron chi connectivity index (χ4n) is 14.6. The summed E-state index contributed by atoms with van der Waals surface area (Å²) in [5, 5.41) is 0. The van der Waals surface area contributed by atoms with Crippen molar-refractivity contribution in [3.63, 3.8) is 0 Å². The molecule has 680 valence electrons. The molecule has 0 N–H and O–H groups in total. The summed E-state index contributed by atoms with van der Waals surface area (Å²) in [6.45, 7) is 73.3. The summed E-state index contributed by atoms with van der Waals surface area (Å²) in [7, 11) is 0. The lowest BCUT2D eigenvalue weighted by Gasteiger charge is -2.22. The topological polar surface area (TPSA) is 0 Å². The van der Waals surface area contributed by atoms with Crippen LogP contribution in [-0.4, -0.2) is 0 Å². The first-order chi connectivity index (χ1) is 61.2. The molecule has 15 aromatic carbocycles. The predicted molar refractivity (Wildman–Crippen MR) is 592 cm³/mol. The van der Waals surface area contributed by atoms with Crippen LogP contribution in [0.5, 0.6) is 0 Å². The average molecular weight is 1980 g/mol. The van der Waals surface area contributed by atoms with E-state index in [0.717, 1.165) is 30.7 Å². The maximum atomic E-state index is 3.82. The fourth-order valence-corrected chi connectivity index (χ4v) is 17.9. The van der Waals surface area contributed by atoms with Gasteiger partial charge in [0.05, 0.1) is 0 Å². The molecule has 0 nitrogen and oxygen atoms in total. The highest BCUT2D eigenvalue weighted by Gasteiger charge is 2.24. The Morgan fingerprint density at radius 3 is 0.623 bits per heavy atom. The Hall–Kier alpha value is -9.78. The van der Waals surface area contributed by atoms with Gasteiger partial charge in [0.2, 0.25) is 0 Å². The third kappa shape index (κ3) is 33.2. The van der Waals surface area contributed by atoms with Gasteiger partial charge in [0.25, 0.3) is 0 Å². The molecule has 0 spiro atoms. The maximum absolute atomic E-state index is 3.82. The average Bonchev–Trinajstić information content (AvgIpc) is 0.748. The molecule has 15 rings (SSSR count). The molecule has 0 saturated heterocycles. The molecular formula is C126H148Br4. The SMILES string of the molecule is CCc1cc(C)c(C)c(C)c1.Cc1c(C)c(Br)c(-c2c(Br)c(C)c(C)c(C)c2Br)c(Br)c1C.Cc1cc(-c2cc(C)c(C)c(C)c2)cc(C)c1C.Cc1cc(C)c(C)c(C)c1.Cc1ccc(-c2ccc(C)c(C)c2)cc1C.Cc1ccc(-c2ccc(C)cc2)cc1.Cc1ccc(C)c(C)c1.Cc1ccc(C)cc1.Cc1ccc(Cc2ccc(C)cc2)cc1.Cc1ccccc1. The molecule has 15 aromatic rings. The standard InChI is InChI=1S/C18H18Br4.C18H22.C16H18.C15H16.C14H14.C11H16.C10H14.C9H12.C8H10.C7H8/c1-7-9(3)15(19)13(16(20)10(7)4)14-17(21)11(5)8(2)12(6)18(14)22;1-11-7-17(8-12(2)15(11)5)18-9-13(3)16(6)14(4)10-18;1-11-5-7-15(9-13(11)3)16-8-6-12(2)14(4)10-16;1-12-3-7-14(8-4-12)11-15-9-5-13(2)6-10-15;1-11-3-7-13(8-4-11)14-9-5-12(2)6-10-14;1-5-11-6-8(2)10(4)9(3)7-11;1-7-5-8(2)10(4)9(3)6-7;1-7-4-5-8(2)9(3)6-7;1-7-3-5-8(2)6-4-7;1-7-5-3-2-4-6-7/h1-6H3;7-10H,1-6H3;5-10H,1-4H3;3-10H,11H2,1-2H3;3-10H,1-2H3;6-7H,5H2,1-4H3;5-6H,1-4H3;4-6H,1-3H3;3-6H,1-2H3;2-6H,1H3. The van der Waals surface area contributed by atoms with Crippen LogP contribution in [0.3, 0.4) is 0 Å². The molecule has 0 aromatic heterocycles. The second-order valence-corrected chi connectivity index (χ2v) is 39.5. The molecule has 0 aliphatic heterocycles. The Labute approximate surface area is 822 Å². The fraction of sp³-hybridized carbons (Fsp3) is 0.286. The van der Waals surface area contributed by atoms with Crippen molar-refractivity contribution in [1.29, 1.82) is 0 Å². The molecular weight excluding hydrogens is 1830 g/mol. The van der Waals surface area contributed by atoms with Gasteiger partial charge < -0.3 is 0 Å². The van der Waals surface area contributed by atoms with Crippen LogP contribution in [0.1, 0.15) is 207 Å². The smallest absolute Gasteiger partial charge is 0.0297 e. The first-order valence-corrected chi connectivity index (χ1v) is 49.0. The van der Waals surface area contributed by atoms with Crippen molar-refractivity contribution in [2.45, 2.75) is 248 Å². The summed E-state index contributed by atoms with van der Waals surface area (Å²) >= 11 is 15.3. The Balaban J connectivity index is 0.000000226. The highest BCUT2D eigenvalue weighted by atomic mass is 79.9. The monoisotopic (exact) mass is 1980 g/mol. The third-order valence-corrected chi connectivity index (χ3v) is 29.6. The minimum absolute atomic E-state index is 1.03. The zero-order chi connectivity index (χ0) is 96.8. The van der Waals surface area contributed by atoms with Crippen LogP contribution in [0.4, 0.5) is 0 Å². The van der Waals surface area contributed by atoms with Gasteiger partial charge in [-0.05, 0) is 489 Å². The van der Waals surface area contributed by atoms with E-state index in [1.807, 2.05) is 18.2 Å². The van der Waals surface area contributed by atoms with Crippen LogP contribution in [0.25, 0.3) is 44.5 Å². The van der Waals surface area contributed by atoms with Gasteiger partial charge in [-0.1, -0.05) is 312 Å². The quantitative estimate of drug-likeness (QED) is 0.149. The van der Waals surface area contributed by atoms with Crippen molar-refractivity contribution in [3.05, 3.63) is 473 Å². The molecule has 130 heavy (non-hydrogen) atoms. The van der Waals surface area contributed by atoms with Crippen LogP contribution in [-0.2, 0) is 12.8 Å². The predicted octanol–water partition coefficient (Wildman–Crippen LogP) is 38.9. The second-order valence-electron chi connectivity index (χ2n) is 36.3. The largest absolute Gasteiger partial charge is 0.0622 e. The molecule has 4 heteroatoms. The molecule has 0 radical (unpaired) electrons. The highest BCUT2D eigenvalue weighted by Crippen LogP contribution is 2.49. The van der Waals surface area contributed by atoms with Crippen molar-refractivity contribution in [2.24, 2.45) is 0 Å². The van der Waals surface area contributed by atoms with E-state index in [4.69, 9.17) is 0 Å². The summed E-state index contributed by atoms with van der Waals surface area (Å²) in [5.41, 5.74) is 59.2. The second kappa shape index (κ2) is 52.5. The number of benzene rings is 15. The van der Waals surface area contributed by atoms with E-state index in [9.17, 15) is 0 Å². The lowest BCUT2D eigenvalue weighted by Crippen LogP contribution is -1.99. The Kier molecular flexibility index (Phi) is 44.0. The van der Waals surface area contributed by atoms with Gasteiger partial charge in [-0.15, -0.1) is 0 Å². The van der Waals surface area contributed by atoms with Gasteiger partial charge in [-0.2, -0.15) is 0 Å². The van der Waals surface area contributed by atoms with E-state index in [-0.39, 0.29) is 0 Å². The van der Waals surface area contributed by atoms with E-state index < -0.39 is 0 Å². The zero-order valence-electron chi connectivity index (χ0n) is 85.2. The molecule has 0 amide bonds. The minimum atomic E-state index is 1.03. The number of hydrogen-bond donors (Lipinski definition) is 0. The number of halogens is 4. The summed E-state index contributed by atoms with van der Waals surface area (Å²) in [5.74, 6) is 0. The van der Waals surface area contributed by atoms with Crippen molar-refractivity contribution in [2.75, 3.05) is 0 Å². The van der Waals surface area contributed by atoms with E-state index in [1.165, 1.54) is 245 Å². The summed E-state index contributed by atoms with van der Waals surface area (Å²) in [6, 6.07) is 91.5. The van der Waals surface area contributed by atoms with Crippen molar-refractivity contribution < 1.29 is 0 Å². The molecule has 0 unspecified atom stereocenters. The first-order valence-electron chi connectivity index (χ1n) is 45.9. The zero-order valence-corrected chi connectivity index (χ0v) is 91.5. The Bertz CT molecular complexity index is 5780. The number of rotatable bonds is 7. The molecule has 0 heterocycles. The molecule has 0 atom stereocenters. The Morgan fingerprint density at radius 2 is 0.369 bits per heavy atom. The molecule has 0 fully saturated rings. The highest BCUT2D eigenvalue weighted by molar-refractivity contribution is 9.11.